The van der Waals surface area contributed by atoms with Crippen LogP contribution in [-0.2, 0) is 6.42 Å². The van der Waals surface area contributed by atoms with Crippen molar-refractivity contribution in [2.75, 3.05) is 39.3 Å². The molecule has 0 saturated carbocycles. The number of nitrogens with one attached hydrogen (secondary N) is 1. The Hall–Kier alpha value is -2.23. The predicted octanol–water partition coefficient (Wildman–Crippen LogP) is 3.65. The molecule has 0 radical (unpaired) electrons. The van der Waals surface area contributed by atoms with Crippen LogP contribution in [0.4, 0.5) is 0 Å². The largest absolute Gasteiger partial charge is 0.491 e. The van der Waals surface area contributed by atoms with E-state index in [1.807, 2.05) is 30.9 Å². The summed E-state index contributed by atoms with van der Waals surface area (Å²) in [4.78, 5) is 21.3. The van der Waals surface area contributed by atoms with Crippen LogP contribution in [0.3, 0.4) is 0 Å². The maximum absolute atomic E-state index is 12.4. The number of carbonyl (C=O) groups excluding carboxylic acids is 1. The molecule has 0 aliphatic carbocycles. The minimum absolute atomic E-state index is 0. The minimum Gasteiger partial charge on any atom is -0.491 e. The molecule has 0 unspecified atom stereocenters. The Morgan fingerprint density at radius 2 is 1.81 bits per heavy atom. The van der Waals surface area contributed by atoms with Crippen molar-refractivity contribution >= 4 is 35.8 Å². The Kier molecular flexibility index (Phi) is 10.2. The molecule has 1 aromatic carbocycles. The van der Waals surface area contributed by atoms with Crippen LogP contribution < -0.4 is 10.1 Å². The average Bonchev–Trinajstić information content (AvgIpc) is 3.28. The summed E-state index contributed by atoms with van der Waals surface area (Å²) in [6, 6.07) is 11.7. The third kappa shape index (κ3) is 7.45. The molecule has 0 bridgehead atoms. The fourth-order valence-electron chi connectivity index (χ4n) is 3.40. The molecule has 1 aliphatic rings. The molecule has 7 nitrogen and oxygen atoms in total. The molecule has 3 rings (SSSR count). The Morgan fingerprint density at radius 3 is 2.39 bits per heavy atom. The number of guanidine groups is 1. The molecule has 0 atom stereocenters. The summed E-state index contributed by atoms with van der Waals surface area (Å²) in [7, 11) is 0. The normalized spacial score (nSPS) is 14.4. The summed E-state index contributed by atoms with van der Waals surface area (Å²) in [5.74, 6) is 2.15. The lowest BCUT2D eigenvalue weighted by Crippen LogP contribution is -2.53. The lowest BCUT2D eigenvalue weighted by molar-refractivity contribution is 0.0657. The van der Waals surface area contributed by atoms with Crippen molar-refractivity contribution in [3.8, 4) is 5.75 Å². The number of carbonyl (C=O) groups is 1. The standard InChI is InChI=1S/C23H32N4O3.HI/c1-4-24-23(25-12-11-19-7-9-20(10-8-19)30-18(2)3)27-15-13-26(14-16-27)22(28)21-6-5-17-29-21;/h5-10,17-18H,4,11-16H2,1-3H3,(H,24,25);1H. The van der Waals surface area contributed by atoms with Crippen molar-refractivity contribution in [2.45, 2.75) is 33.3 Å². The Balaban J connectivity index is 0.00000341. The highest BCUT2D eigenvalue weighted by Crippen LogP contribution is 2.14. The lowest BCUT2D eigenvalue weighted by Gasteiger charge is -2.36. The van der Waals surface area contributed by atoms with Crippen LogP contribution in [0.1, 0.15) is 36.9 Å². The number of amides is 1. The van der Waals surface area contributed by atoms with Crippen LogP contribution >= 0.6 is 24.0 Å². The number of halogens is 1. The first kappa shape index (κ1) is 25.0. The summed E-state index contributed by atoms with van der Waals surface area (Å²) in [6.07, 6.45) is 2.58. The third-order valence-corrected chi connectivity index (χ3v) is 4.89. The molecule has 31 heavy (non-hydrogen) atoms. The van der Waals surface area contributed by atoms with Gasteiger partial charge in [0, 0.05) is 39.3 Å². The first-order chi connectivity index (χ1) is 14.6. The number of aliphatic imine (C=N–C) groups is 1. The molecular weight excluding hydrogens is 507 g/mol. The summed E-state index contributed by atoms with van der Waals surface area (Å²) >= 11 is 0. The number of nitrogens with zero attached hydrogens (tertiary/aromatic N) is 3. The number of piperazine rings is 1. The van der Waals surface area contributed by atoms with Crippen LogP contribution in [0, 0.1) is 0 Å². The van der Waals surface area contributed by atoms with Gasteiger partial charge in [-0.1, -0.05) is 12.1 Å². The van der Waals surface area contributed by atoms with Crippen LogP contribution in [0.25, 0.3) is 0 Å². The van der Waals surface area contributed by atoms with Gasteiger partial charge in [-0.25, -0.2) is 0 Å². The minimum atomic E-state index is -0.0496. The van der Waals surface area contributed by atoms with Gasteiger partial charge in [-0.05, 0) is 57.0 Å². The Labute approximate surface area is 201 Å². The number of ether oxygens (including phenoxy) is 1. The molecule has 0 spiro atoms. The smallest absolute Gasteiger partial charge is 0.289 e. The fourth-order valence-corrected chi connectivity index (χ4v) is 3.40. The highest BCUT2D eigenvalue weighted by atomic mass is 127. The van der Waals surface area contributed by atoms with Crippen LogP contribution in [0.15, 0.2) is 52.1 Å². The molecule has 2 aromatic rings. The van der Waals surface area contributed by atoms with E-state index in [9.17, 15) is 4.79 Å². The van der Waals surface area contributed by atoms with Crippen molar-refractivity contribution in [2.24, 2.45) is 4.99 Å². The highest BCUT2D eigenvalue weighted by molar-refractivity contribution is 14.0. The van der Waals surface area contributed by atoms with E-state index in [2.05, 4.69) is 29.3 Å². The van der Waals surface area contributed by atoms with Crippen molar-refractivity contribution in [1.29, 1.82) is 0 Å². The molecule has 1 amide bonds. The zero-order chi connectivity index (χ0) is 21.3. The number of hydrogen-bond donors (Lipinski definition) is 1. The van der Waals surface area contributed by atoms with E-state index < -0.39 is 0 Å². The van der Waals surface area contributed by atoms with Gasteiger partial charge in [-0.3, -0.25) is 9.79 Å². The van der Waals surface area contributed by atoms with E-state index in [0.717, 1.165) is 37.8 Å². The maximum atomic E-state index is 12.4. The number of rotatable bonds is 7. The van der Waals surface area contributed by atoms with E-state index in [0.29, 0.717) is 25.4 Å². The number of furan rings is 1. The second kappa shape index (κ2) is 12.6. The van der Waals surface area contributed by atoms with Gasteiger partial charge in [0.1, 0.15) is 5.75 Å². The quantitative estimate of drug-likeness (QED) is 0.330. The molecule has 1 aromatic heterocycles. The fraction of sp³-hybridized carbons (Fsp3) is 0.478. The van der Waals surface area contributed by atoms with Gasteiger partial charge in [0.15, 0.2) is 11.7 Å². The molecule has 1 fully saturated rings. The highest BCUT2D eigenvalue weighted by Gasteiger charge is 2.25. The van der Waals surface area contributed by atoms with E-state index >= 15 is 0 Å². The van der Waals surface area contributed by atoms with E-state index in [1.165, 1.54) is 11.8 Å². The zero-order valence-electron chi connectivity index (χ0n) is 18.5. The van der Waals surface area contributed by atoms with E-state index in [-0.39, 0.29) is 36.0 Å². The van der Waals surface area contributed by atoms with Gasteiger partial charge in [-0.15, -0.1) is 24.0 Å². The summed E-state index contributed by atoms with van der Waals surface area (Å²) in [6.45, 7) is 10.4. The first-order valence-electron chi connectivity index (χ1n) is 10.7. The molecule has 1 aliphatic heterocycles. The van der Waals surface area contributed by atoms with Crippen molar-refractivity contribution in [3.63, 3.8) is 0 Å². The van der Waals surface area contributed by atoms with Crippen molar-refractivity contribution < 1.29 is 13.9 Å². The lowest BCUT2D eigenvalue weighted by atomic mass is 10.1. The Bertz CT molecular complexity index is 814. The van der Waals surface area contributed by atoms with Gasteiger partial charge in [0.25, 0.3) is 5.91 Å². The molecule has 8 heteroatoms. The second-order valence-electron chi connectivity index (χ2n) is 7.55. The van der Waals surface area contributed by atoms with Crippen LogP contribution in [0.2, 0.25) is 0 Å². The molecule has 1 N–H and O–H groups in total. The van der Waals surface area contributed by atoms with Gasteiger partial charge in [0.05, 0.1) is 12.4 Å². The Morgan fingerprint density at radius 1 is 1.13 bits per heavy atom. The van der Waals surface area contributed by atoms with Gasteiger partial charge in [-0.2, -0.15) is 0 Å². The van der Waals surface area contributed by atoms with Crippen LogP contribution in [-0.4, -0.2) is 67.0 Å². The topological polar surface area (TPSA) is 70.3 Å². The second-order valence-corrected chi connectivity index (χ2v) is 7.55. The third-order valence-electron chi connectivity index (χ3n) is 4.89. The molecule has 2 heterocycles. The van der Waals surface area contributed by atoms with Gasteiger partial charge >= 0.3 is 0 Å². The number of benzene rings is 1. The summed E-state index contributed by atoms with van der Waals surface area (Å²) in [5.41, 5.74) is 1.24. The first-order valence-corrected chi connectivity index (χ1v) is 10.7. The maximum Gasteiger partial charge on any atom is 0.289 e. The van der Waals surface area contributed by atoms with Gasteiger partial charge < -0.3 is 24.3 Å². The summed E-state index contributed by atoms with van der Waals surface area (Å²) < 4.78 is 10.9. The average molecular weight is 540 g/mol. The zero-order valence-corrected chi connectivity index (χ0v) is 20.9. The monoisotopic (exact) mass is 540 g/mol. The predicted molar refractivity (Wildman–Crippen MR) is 133 cm³/mol. The van der Waals surface area contributed by atoms with Gasteiger partial charge in [0.2, 0.25) is 0 Å². The van der Waals surface area contributed by atoms with E-state index in [1.54, 1.807) is 12.1 Å². The van der Waals surface area contributed by atoms with E-state index in [4.69, 9.17) is 14.1 Å². The SMILES string of the molecule is CCNC(=NCCc1ccc(OC(C)C)cc1)N1CCN(C(=O)c2ccco2)CC1.I. The van der Waals surface area contributed by atoms with Crippen molar-refractivity contribution in [3.05, 3.63) is 54.0 Å². The molecular formula is C23H33IN4O3. The summed E-state index contributed by atoms with van der Waals surface area (Å²) in [5, 5.41) is 3.37. The molecule has 170 valence electrons. The van der Waals surface area contributed by atoms with Crippen LogP contribution in [0.5, 0.6) is 5.75 Å². The molecule has 1 saturated heterocycles. The number of hydrogen-bond acceptors (Lipinski definition) is 4. The van der Waals surface area contributed by atoms with Crippen molar-refractivity contribution in [1.82, 2.24) is 15.1 Å².